The van der Waals surface area contributed by atoms with Gasteiger partial charge in [0.2, 0.25) is 0 Å². The predicted octanol–water partition coefficient (Wildman–Crippen LogP) is 5.93. The highest BCUT2D eigenvalue weighted by atomic mass is 79.9. The molecule has 3 aromatic rings. The van der Waals surface area contributed by atoms with Crippen LogP contribution >= 0.6 is 39.1 Å². The van der Waals surface area contributed by atoms with Crippen molar-refractivity contribution in [2.75, 3.05) is 0 Å². The number of benzene rings is 2. The van der Waals surface area contributed by atoms with Crippen LogP contribution in [-0.2, 0) is 0 Å². The van der Waals surface area contributed by atoms with E-state index in [1.165, 1.54) is 6.07 Å². The van der Waals surface area contributed by atoms with E-state index in [0.717, 1.165) is 27.1 Å². The van der Waals surface area contributed by atoms with Gasteiger partial charge < -0.3 is 4.57 Å². The van der Waals surface area contributed by atoms with Gasteiger partial charge in [0.05, 0.1) is 16.3 Å². The monoisotopic (exact) mass is 463 g/mol. The quantitative estimate of drug-likeness (QED) is 0.377. The molecule has 0 atom stereocenters. The normalized spacial score (nSPS) is 11.1. The standard InChI is InChI=1S/C20H16BrCl2N3O/c1-12-9-15(13(2)26(12)17-6-4-16(21)5-7-17)11-24-25-20(27)14-3-8-18(22)19(23)10-14/h3-11H,1-2H3,(H,25,27)/b24-11-. The van der Waals surface area contributed by atoms with E-state index < -0.39 is 0 Å². The van der Waals surface area contributed by atoms with E-state index in [9.17, 15) is 4.79 Å². The van der Waals surface area contributed by atoms with Crippen LogP contribution in [0.5, 0.6) is 0 Å². The Balaban J connectivity index is 1.77. The van der Waals surface area contributed by atoms with Crippen molar-refractivity contribution in [1.82, 2.24) is 9.99 Å². The molecule has 0 saturated heterocycles. The van der Waals surface area contributed by atoms with Gasteiger partial charge in [-0.2, -0.15) is 5.10 Å². The van der Waals surface area contributed by atoms with Crippen molar-refractivity contribution in [3.63, 3.8) is 0 Å². The predicted molar refractivity (Wildman–Crippen MR) is 114 cm³/mol. The topological polar surface area (TPSA) is 46.4 Å². The van der Waals surface area contributed by atoms with Crippen LogP contribution in [0.15, 0.2) is 58.1 Å². The molecule has 0 unspecified atom stereocenters. The molecule has 0 bridgehead atoms. The van der Waals surface area contributed by atoms with Crippen LogP contribution in [0.25, 0.3) is 5.69 Å². The van der Waals surface area contributed by atoms with E-state index in [0.29, 0.717) is 15.6 Å². The van der Waals surface area contributed by atoms with Gasteiger partial charge in [-0.25, -0.2) is 5.43 Å². The van der Waals surface area contributed by atoms with E-state index in [4.69, 9.17) is 23.2 Å². The second-order valence-corrected chi connectivity index (χ2v) is 7.70. The summed E-state index contributed by atoms with van der Waals surface area (Å²) in [5.41, 5.74) is 6.99. The second kappa shape index (κ2) is 8.30. The van der Waals surface area contributed by atoms with Gasteiger partial charge in [-0.15, -0.1) is 0 Å². The maximum absolute atomic E-state index is 12.2. The molecule has 0 aliphatic rings. The maximum Gasteiger partial charge on any atom is 0.271 e. The summed E-state index contributed by atoms with van der Waals surface area (Å²) >= 11 is 15.3. The van der Waals surface area contributed by atoms with Crippen molar-refractivity contribution in [3.05, 3.63) is 85.6 Å². The smallest absolute Gasteiger partial charge is 0.271 e. The molecular formula is C20H16BrCl2N3O. The Morgan fingerprint density at radius 3 is 2.44 bits per heavy atom. The Morgan fingerprint density at radius 1 is 1.07 bits per heavy atom. The number of aromatic nitrogens is 1. The van der Waals surface area contributed by atoms with Gasteiger partial charge in [-0.1, -0.05) is 39.1 Å². The summed E-state index contributed by atoms with van der Waals surface area (Å²) in [6.07, 6.45) is 1.63. The van der Waals surface area contributed by atoms with Gasteiger partial charge in [0.1, 0.15) is 0 Å². The highest BCUT2D eigenvalue weighted by Gasteiger charge is 2.10. The molecule has 3 rings (SSSR count). The number of amides is 1. The van der Waals surface area contributed by atoms with Crippen LogP contribution in [0, 0.1) is 13.8 Å². The summed E-state index contributed by atoms with van der Waals surface area (Å²) in [5, 5.41) is 4.80. The number of nitrogens with one attached hydrogen (secondary N) is 1. The van der Waals surface area contributed by atoms with Crippen LogP contribution in [-0.4, -0.2) is 16.7 Å². The van der Waals surface area contributed by atoms with Crippen LogP contribution in [0.3, 0.4) is 0 Å². The molecule has 4 nitrogen and oxygen atoms in total. The third-order valence-corrected chi connectivity index (χ3v) is 5.37. The molecule has 27 heavy (non-hydrogen) atoms. The van der Waals surface area contributed by atoms with Gasteiger partial charge in [-0.3, -0.25) is 4.79 Å². The minimum Gasteiger partial charge on any atom is -0.318 e. The fourth-order valence-electron chi connectivity index (χ4n) is 2.77. The SMILES string of the molecule is Cc1cc(/C=N\NC(=O)c2ccc(Cl)c(Cl)c2)c(C)n1-c1ccc(Br)cc1. The first-order valence-electron chi connectivity index (χ1n) is 8.10. The minimum absolute atomic E-state index is 0.325. The number of hydrogen-bond acceptors (Lipinski definition) is 2. The van der Waals surface area contributed by atoms with Gasteiger partial charge in [0.15, 0.2) is 0 Å². The van der Waals surface area contributed by atoms with Gasteiger partial charge in [0.25, 0.3) is 5.91 Å². The number of halogens is 3. The first-order chi connectivity index (χ1) is 12.9. The molecule has 1 aromatic heterocycles. The molecule has 1 N–H and O–H groups in total. The van der Waals surface area contributed by atoms with E-state index >= 15 is 0 Å². The molecule has 0 fully saturated rings. The maximum atomic E-state index is 12.2. The summed E-state index contributed by atoms with van der Waals surface area (Å²) in [4.78, 5) is 12.2. The molecule has 1 heterocycles. The number of rotatable bonds is 4. The van der Waals surface area contributed by atoms with Crippen molar-refractivity contribution in [1.29, 1.82) is 0 Å². The number of carbonyl (C=O) groups is 1. The number of carbonyl (C=O) groups excluding carboxylic acids is 1. The zero-order valence-electron chi connectivity index (χ0n) is 14.6. The molecule has 0 spiro atoms. The molecule has 0 aliphatic carbocycles. The van der Waals surface area contributed by atoms with Gasteiger partial charge in [0, 0.05) is 32.7 Å². The van der Waals surface area contributed by atoms with Gasteiger partial charge >= 0.3 is 0 Å². The number of nitrogens with zero attached hydrogens (tertiary/aromatic N) is 2. The number of hydrogen-bond donors (Lipinski definition) is 1. The van der Waals surface area contributed by atoms with E-state index in [2.05, 4.69) is 31.0 Å². The van der Waals surface area contributed by atoms with Crippen molar-refractivity contribution >= 4 is 51.3 Å². The number of aryl methyl sites for hydroxylation is 1. The average molecular weight is 465 g/mol. The highest BCUT2D eigenvalue weighted by molar-refractivity contribution is 9.10. The van der Waals surface area contributed by atoms with Crippen molar-refractivity contribution in [3.8, 4) is 5.69 Å². The summed E-state index contributed by atoms with van der Waals surface area (Å²) in [6.45, 7) is 4.04. The summed E-state index contributed by atoms with van der Waals surface area (Å²) < 4.78 is 3.16. The first-order valence-corrected chi connectivity index (χ1v) is 9.65. The molecule has 0 aliphatic heterocycles. The lowest BCUT2D eigenvalue weighted by atomic mass is 10.2. The van der Waals surface area contributed by atoms with Crippen LogP contribution in [0.1, 0.15) is 27.3 Å². The first kappa shape index (κ1) is 19.7. The van der Waals surface area contributed by atoms with Crippen LogP contribution in [0.4, 0.5) is 0 Å². The molecule has 1 amide bonds. The Kier molecular flexibility index (Phi) is 6.05. The van der Waals surface area contributed by atoms with E-state index in [1.54, 1.807) is 18.3 Å². The Labute approximate surface area is 175 Å². The largest absolute Gasteiger partial charge is 0.318 e. The van der Waals surface area contributed by atoms with Crippen molar-refractivity contribution < 1.29 is 4.79 Å². The highest BCUT2D eigenvalue weighted by Crippen LogP contribution is 2.23. The second-order valence-electron chi connectivity index (χ2n) is 5.97. The van der Waals surface area contributed by atoms with Gasteiger partial charge in [-0.05, 0) is 62.4 Å². The summed E-state index contributed by atoms with van der Waals surface area (Å²) in [7, 11) is 0. The minimum atomic E-state index is -0.355. The Morgan fingerprint density at radius 2 is 1.78 bits per heavy atom. The molecule has 2 aromatic carbocycles. The fraction of sp³-hybridized carbons (Fsp3) is 0.100. The van der Waals surface area contributed by atoms with Crippen LogP contribution in [0.2, 0.25) is 10.0 Å². The average Bonchev–Trinajstić information content (AvgIpc) is 2.92. The third-order valence-electron chi connectivity index (χ3n) is 4.11. The third kappa shape index (κ3) is 4.43. The fourth-order valence-corrected chi connectivity index (χ4v) is 3.33. The van der Waals surface area contributed by atoms with Crippen molar-refractivity contribution in [2.45, 2.75) is 13.8 Å². The van der Waals surface area contributed by atoms with Crippen LogP contribution < -0.4 is 5.43 Å². The molecule has 0 radical (unpaired) electrons. The molecule has 0 saturated carbocycles. The van der Waals surface area contributed by atoms with E-state index in [-0.39, 0.29) is 5.91 Å². The lowest BCUT2D eigenvalue weighted by Crippen LogP contribution is -2.17. The lowest BCUT2D eigenvalue weighted by molar-refractivity contribution is 0.0955. The summed E-state index contributed by atoms with van der Waals surface area (Å²) in [6, 6.07) is 14.8. The van der Waals surface area contributed by atoms with E-state index in [1.807, 2.05) is 44.2 Å². The Bertz CT molecular complexity index is 1030. The van der Waals surface area contributed by atoms with Crippen molar-refractivity contribution in [2.24, 2.45) is 5.10 Å². The summed E-state index contributed by atoms with van der Waals surface area (Å²) in [5.74, 6) is -0.355. The molecule has 7 heteroatoms. The molecule has 138 valence electrons. The molecular weight excluding hydrogens is 449 g/mol. The lowest BCUT2D eigenvalue weighted by Gasteiger charge is -2.09. The Hall–Kier alpha value is -2.08. The zero-order valence-corrected chi connectivity index (χ0v) is 17.7. The zero-order chi connectivity index (χ0) is 19.6. The number of hydrazone groups is 1.